The van der Waals surface area contributed by atoms with Gasteiger partial charge in [0.25, 0.3) is 0 Å². The first-order chi connectivity index (χ1) is 32.0. The molecular formula is C63H52N2Si. The average Bonchev–Trinajstić information content (AvgIpc) is 3.78. The molecule has 0 N–H and O–H groups in total. The number of aromatic nitrogens is 1. The average molecular weight is 865 g/mol. The van der Waals surface area contributed by atoms with E-state index in [-0.39, 0.29) is 5.41 Å². The molecule has 66 heavy (non-hydrogen) atoms. The molecule has 0 amide bonds. The predicted molar refractivity (Wildman–Crippen MR) is 287 cm³/mol. The highest BCUT2D eigenvalue weighted by molar-refractivity contribution is 6.90. The molecule has 1 heterocycles. The monoisotopic (exact) mass is 864 g/mol. The highest BCUT2D eigenvalue weighted by Gasteiger charge is 2.38. The van der Waals surface area contributed by atoms with Crippen LogP contribution in [0.4, 0.5) is 17.1 Å². The summed E-state index contributed by atoms with van der Waals surface area (Å²) in [7, 11) is -1.62. The Labute approximate surface area is 389 Å². The normalized spacial score (nSPS) is 13.1. The minimum Gasteiger partial charge on any atom is -0.310 e. The van der Waals surface area contributed by atoms with E-state index in [2.05, 4.69) is 256 Å². The van der Waals surface area contributed by atoms with Gasteiger partial charge < -0.3 is 9.47 Å². The van der Waals surface area contributed by atoms with E-state index >= 15 is 0 Å². The second kappa shape index (κ2) is 15.1. The fourth-order valence-corrected chi connectivity index (χ4v) is 12.6. The van der Waals surface area contributed by atoms with Crippen molar-refractivity contribution in [3.05, 3.63) is 223 Å². The lowest BCUT2D eigenvalue weighted by atomic mass is 9.81. The molecule has 0 bridgehead atoms. The van der Waals surface area contributed by atoms with Crippen LogP contribution in [0, 0.1) is 6.92 Å². The maximum absolute atomic E-state index is 2.54. The lowest BCUT2D eigenvalue weighted by Crippen LogP contribution is -2.38. The Morgan fingerprint density at radius 2 is 0.970 bits per heavy atom. The molecule has 0 radical (unpaired) electrons. The van der Waals surface area contributed by atoms with Gasteiger partial charge >= 0.3 is 0 Å². The molecule has 0 spiro atoms. The molecule has 1 aromatic heterocycles. The van der Waals surface area contributed by atoms with Crippen LogP contribution in [0.2, 0.25) is 19.6 Å². The van der Waals surface area contributed by atoms with Crippen molar-refractivity contribution in [2.45, 2.75) is 45.8 Å². The first-order valence-corrected chi connectivity index (χ1v) is 26.8. The van der Waals surface area contributed by atoms with Gasteiger partial charge in [0, 0.05) is 38.3 Å². The number of hydrogen-bond donors (Lipinski definition) is 0. The van der Waals surface area contributed by atoms with Gasteiger partial charge in [-0.25, -0.2) is 0 Å². The fraction of sp³-hybridized carbons (Fsp3) is 0.111. The zero-order chi connectivity index (χ0) is 44.9. The highest BCUT2D eigenvalue weighted by Crippen LogP contribution is 2.55. The quantitative estimate of drug-likeness (QED) is 0.145. The summed E-state index contributed by atoms with van der Waals surface area (Å²) >= 11 is 0. The Morgan fingerprint density at radius 1 is 0.424 bits per heavy atom. The van der Waals surface area contributed by atoms with Crippen molar-refractivity contribution in [3.8, 4) is 39.1 Å². The predicted octanol–water partition coefficient (Wildman–Crippen LogP) is 17.1. The molecule has 1 aliphatic carbocycles. The summed E-state index contributed by atoms with van der Waals surface area (Å²) in [4.78, 5) is 2.49. The maximum atomic E-state index is 2.54. The molecule has 2 nitrogen and oxygen atoms in total. The topological polar surface area (TPSA) is 8.17 Å². The number of nitrogens with zero attached hydrogens (tertiary/aromatic N) is 2. The summed E-state index contributed by atoms with van der Waals surface area (Å²) in [5.41, 5.74) is 18.3. The molecule has 0 fully saturated rings. The molecule has 3 heteroatoms. The number of anilines is 3. The second-order valence-corrected chi connectivity index (χ2v) is 24.9. The van der Waals surface area contributed by atoms with E-state index in [0.29, 0.717) is 0 Å². The van der Waals surface area contributed by atoms with Crippen molar-refractivity contribution >= 4 is 73.7 Å². The van der Waals surface area contributed by atoms with Crippen molar-refractivity contribution in [2.75, 3.05) is 4.90 Å². The fourth-order valence-electron chi connectivity index (χ4n) is 11.0. The van der Waals surface area contributed by atoms with Gasteiger partial charge in [-0.2, -0.15) is 0 Å². The first-order valence-electron chi connectivity index (χ1n) is 23.3. The molecule has 11 aromatic rings. The van der Waals surface area contributed by atoms with E-state index in [9.17, 15) is 0 Å². The lowest BCUT2D eigenvalue weighted by molar-refractivity contribution is 0.660. The van der Waals surface area contributed by atoms with E-state index < -0.39 is 8.07 Å². The largest absolute Gasteiger partial charge is 0.310 e. The molecule has 0 aliphatic heterocycles. The summed E-state index contributed by atoms with van der Waals surface area (Å²) in [5, 5.41) is 9.17. The third-order valence-corrected chi connectivity index (χ3v) is 16.4. The van der Waals surface area contributed by atoms with Crippen LogP contribution in [-0.2, 0) is 5.41 Å². The maximum Gasteiger partial charge on any atom is 0.0784 e. The summed E-state index contributed by atoms with van der Waals surface area (Å²) in [5.74, 6) is 0. The third kappa shape index (κ3) is 6.29. The Kier molecular flexibility index (Phi) is 9.14. The Balaban J connectivity index is 1.07. The van der Waals surface area contributed by atoms with Crippen molar-refractivity contribution < 1.29 is 0 Å². The minimum absolute atomic E-state index is 0.290. The van der Waals surface area contributed by atoms with Crippen LogP contribution in [-0.4, -0.2) is 12.6 Å². The molecule has 0 saturated carbocycles. The van der Waals surface area contributed by atoms with Crippen LogP contribution < -0.4 is 10.1 Å². The van der Waals surface area contributed by atoms with Gasteiger partial charge in [0.2, 0.25) is 0 Å². The standard InChI is InChI=1S/C63H52N2Si/c1-41-25-29-46(30-26-41)64(57-35-36-61(66(4,5)6)50-23-15-13-21-48(50)57)47-31-32-52-55(39-47)63(2,3)56-40-60(49-22-14-16-24-51(49)62(52)56)65-58-33-27-44(42-17-9-7-10-18-42)37-53(58)54-38-45(28-34-59(54)65)43-19-11-8-12-20-43/h7-40H,1-6H3. The summed E-state index contributed by atoms with van der Waals surface area (Å²) in [6.07, 6.45) is 0. The molecule has 0 unspecified atom stereocenters. The number of rotatable bonds is 7. The Bertz CT molecular complexity index is 3610. The highest BCUT2D eigenvalue weighted by atomic mass is 28.3. The number of aryl methyl sites for hydroxylation is 1. The third-order valence-electron chi connectivity index (χ3n) is 14.4. The van der Waals surface area contributed by atoms with Crippen LogP contribution >= 0.6 is 0 Å². The van der Waals surface area contributed by atoms with Gasteiger partial charge in [-0.3, -0.25) is 0 Å². The second-order valence-electron chi connectivity index (χ2n) is 19.8. The van der Waals surface area contributed by atoms with Crippen molar-refractivity contribution in [1.82, 2.24) is 4.57 Å². The zero-order valence-corrected chi connectivity index (χ0v) is 39.5. The van der Waals surface area contributed by atoms with Crippen LogP contribution in [0.15, 0.2) is 206 Å². The van der Waals surface area contributed by atoms with Gasteiger partial charge in [-0.1, -0.05) is 190 Å². The molecule has 318 valence electrons. The lowest BCUT2D eigenvalue weighted by Gasteiger charge is -2.30. The van der Waals surface area contributed by atoms with E-state index in [1.807, 2.05) is 0 Å². The van der Waals surface area contributed by atoms with E-state index in [0.717, 1.165) is 5.69 Å². The van der Waals surface area contributed by atoms with Gasteiger partial charge in [0.1, 0.15) is 0 Å². The molecular weight excluding hydrogens is 813 g/mol. The van der Waals surface area contributed by atoms with Crippen LogP contribution in [0.5, 0.6) is 0 Å². The summed E-state index contributed by atoms with van der Waals surface area (Å²) in [6.45, 7) is 14.4. The van der Waals surface area contributed by atoms with Crippen LogP contribution in [0.1, 0.15) is 30.5 Å². The molecule has 0 saturated heterocycles. The van der Waals surface area contributed by atoms with Crippen LogP contribution in [0.25, 0.3) is 82.4 Å². The van der Waals surface area contributed by atoms with Gasteiger partial charge in [-0.15, -0.1) is 0 Å². The number of fused-ring (bicyclic) bond motifs is 9. The molecule has 12 rings (SSSR count). The minimum atomic E-state index is -1.62. The summed E-state index contributed by atoms with van der Waals surface area (Å²) in [6, 6.07) is 77.3. The van der Waals surface area contributed by atoms with E-state index in [4.69, 9.17) is 0 Å². The molecule has 1 aliphatic rings. The SMILES string of the molecule is Cc1ccc(N(c2ccc3c(c2)C(C)(C)c2cc(-n4c5ccc(-c6ccccc6)cc5c5cc(-c6ccccc6)ccc54)c4ccccc4c2-3)c2ccc([Si](C)(C)C)c3ccccc23)cc1. The Hall–Kier alpha value is -7.46. The Morgan fingerprint density at radius 3 is 1.58 bits per heavy atom. The first kappa shape index (κ1) is 40.1. The van der Waals surface area contributed by atoms with Crippen molar-refractivity contribution in [2.24, 2.45) is 0 Å². The smallest absolute Gasteiger partial charge is 0.0784 e. The zero-order valence-electron chi connectivity index (χ0n) is 38.5. The molecule has 0 atom stereocenters. The van der Waals surface area contributed by atoms with E-state index in [1.165, 1.54) is 116 Å². The van der Waals surface area contributed by atoms with Gasteiger partial charge in [-0.05, 0) is 123 Å². The molecule has 10 aromatic carbocycles. The number of benzene rings is 10. The summed E-state index contributed by atoms with van der Waals surface area (Å²) < 4.78 is 2.54. The number of hydrogen-bond acceptors (Lipinski definition) is 1. The van der Waals surface area contributed by atoms with Gasteiger partial charge in [0.05, 0.1) is 30.5 Å². The van der Waals surface area contributed by atoms with Crippen molar-refractivity contribution in [1.29, 1.82) is 0 Å². The van der Waals surface area contributed by atoms with E-state index in [1.54, 1.807) is 0 Å². The van der Waals surface area contributed by atoms with Crippen LogP contribution in [0.3, 0.4) is 0 Å². The van der Waals surface area contributed by atoms with Gasteiger partial charge in [0.15, 0.2) is 0 Å². The van der Waals surface area contributed by atoms with Crippen molar-refractivity contribution in [3.63, 3.8) is 0 Å².